The third-order valence-corrected chi connectivity index (χ3v) is 4.32. The first-order chi connectivity index (χ1) is 9.91. The van der Waals surface area contributed by atoms with Crippen LogP contribution in [0.5, 0.6) is 5.75 Å². The van der Waals surface area contributed by atoms with E-state index >= 15 is 0 Å². The summed E-state index contributed by atoms with van der Waals surface area (Å²) >= 11 is 0. The Hall–Kier alpha value is -1.31. The van der Waals surface area contributed by atoms with E-state index in [2.05, 4.69) is 27.7 Å². The van der Waals surface area contributed by atoms with Gasteiger partial charge < -0.3 is 5.11 Å². The quantitative estimate of drug-likeness (QED) is 0.696. The largest absolute Gasteiger partial charge is 0.507 e. The molecule has 0 heterocycles. The van der Waals surface area contributed by atoms with Crippen LogP contribution in [-0.4, -0.2) is 10.9 Å². The summed E-state index contributed by atoms with van der Waals surface area (Å²) in [5.41, 5.74) is 1.89. The van der Waals surface area contributed by atoms with Gasteiger partial charge in [-0.3, -0.25) is 4.79 Å². The number of carbonyl (C=O) groups is 1. The van der Waals surface area contributed by atoms with Crippen molar-refractivity contribution >= 4 is 5.78 Å². The molecule has 0 aliphatic carbocycles. The van der Waals surface area contributed by atoms with Crippen LogP contribution >= 0.6 is 0 Å². The summed E-state index contributed by atoms with van der Waals surface area (Å²) in [5, 5.41) is 10.6. The van der Waals surface area contributed by atoms with Crippen molar-refractivity contribution in [3.63, 3.8) is 0 Å². The molecule has 0 spiro atoms. The number of hydrogen-bond acceptors (Lipinski definition) is 2. The van der Waals surface area contributed by atoms with Gasteiger partial charge in [-0.25, -0.2) is 0 Å². The molecule has 0 fully saturated rings. The van der Waals surface area contributed by atoms with Gasteiger partial charge in [0.25, 0.3) is 0 Å². The van der Waals surface area contributed by atoms with Crippen molar-refractivity contribution in [1.82, 2.24) is 0 Å². The van der Waals surface area contributed by atoms with Gasteiger partial charge >= 0.3 is 0 Å². The highest BCUT2D eigenvalue weighted by Gasteiger charge is 2.30. The molecule has 0 atom stereocenters. The van der Waals surface area contributed by atoms with Crippen molar-refractivity contribution in [3.05, 3.63) is 28.8 Å². The van der Waals surface area contributed by atoms with Gasteiger partial charge in [-0.1, -0.05) is 61.8 Å². The number of carbonyl (C=O) groups excluding carboxylic acids is 1. The molecule has 1 N–H and O–H groups in total. The van der Waals surface area contributed by atoms with Gasteiger partial charge in [-0.15, -0.1) is 0 Å². The third-order valence-electron chi connectivity index (χ3n) is 4.32. The summed E-state index contributed by atoms with van der Waals surface area (Å²) in [6.07, 6.45) is 1.86. The van der Waals surface area contributed by atoms with Crippen molar-refractivity contribution in [1.29, 1.82) is 0 Å². The summed E-state index contributed by atoms with van der Waals surface area (Å²) in [7, 11) is 0. The lowest BCUT2D eigenvalue weighted by Gasteiger charge is -2.27. The second-order valence-electron chi connectivity index (χ2n) is 8.33. The normalized spacial score (nSPS) is 12.8. The molecular formula is C20H32O2. The summed E-state index contributed by atoms with van der Waals surface area (Å²) in [4.78, 5) is 12.9. The Balaban J connectivity index is 3.50. The van der Waals surface area contributed by atoms with Crippen molar-refractivity contribution in [2.24, 2.45) is 5.41 Å². The average Bonchev–Trinajstić information content (AvgIpc) is 2.36. The lowest BCUT2D eigenvalue weighted by Crippen LogP contribution is -2.25. The molecule has 0 bridgehead atoms. The molecule has 0 saturated heterocycles. The summed E-state index contributed by atoms with van der Waals surface area (Å²) in [5.74, 6) is 0.692. The molecule has 0 aliphatic rings. The smallest absolute Gasteiger partial charge is 0.168 e. The molecule has 2 heteroatoms. The fourth-order valence-corrected chi connectivity index (χ4v) is 2.93. The summed E-state index contributed by atoms with van der Waals surface area (Å²) in [6.45, 7) is 16.4. The number of Topliss-reactive ketones (excluding diaryl/α,β-unsaturated/α-hetero) is 1. The van der Waals surface area contributed by atoms with Gasteiger partial charge in [-0.05, 0) is 35.4 Å². The first kappa shape index (κ1) is 18.7. The van der Waals surface area contributed by atoms with E-state index in [0.29, 0.717) is 5.75 Å². The zero-order chi connectivity index (χ0) is 17.3. The molecule has 0 saturated carbocycles. The number of phenols is 1. The predicted molar refractivity (Wildman–Crippen MR) is 93.9 cm³/mol. The maximum atomic E-state index is 12.9. The van der Waals surface area contributed by atoms with E-state index in [1.165, 1.54) is 0 Å². The first-order valence-electron chi connectivity index (χ1n) is 8.34. The predicted octanol–water partition coefficient (Wildman–Crippen LogP) is 5.82. The van der Waals surface area contributed by atoms with E-state index in [9.17, 15) is 9.90 Å². The molecule has 1 rings (SSSR count). The zero-order valence-electron chi connectivity index (χ0n) is 15.5. The highest BCUT2D eigenvalue weighted by atomic mass is 16.3. The molecule has 0 radical (unpaired) electrons. The van der Waals surface area contributed by atoms with Crippen molar-refractivity contribution in [2.75, 3.05) is 0 Å². The molecule has 2 nitrogen and oxygen atoms in total. The Morgan fingerprint density at radius 3 is 2.09 bits per heavy atom. The minimum atomic E-state index is -0.366. The maximum Gasteiger partial charge on any atom is 0.168 e. The average molecular weight is 304 g/mol. The molecule has 124 valence electrons. The lowest BCUT2D eigenvalue weighted by molar-refractivity contribution is 0.0825. The Bertz CT molecular complexity index is 546. The first-order valence-corrected chi connectivity index (χ1v) is 8.34. The SMILES string of the molecule is CCCC(C)(C)C(=O)c1cc(C(C)C)c(O)c(C(C)(C)C)c1. The summed E-state index contributed by atoms with van der Waals surface area (Å²) < 4.78 is 0. The van der Waals surface area contributed by atoms with Crippen LogP contribution < -0.4 is 0 Å². The van der Waals surface area contributed by atoms with Crippen LogP contribution in [0.25, 0.3) is 0 Å². The Labute approximate surface area is 135 Å². The monoisotopic (exact) mass is 304 g/mol. The van der Waals surface area contributed by atoms with Crippen LogP contribution in [0.2, 0.25) is 0 Å². The number of benzene rings is 1. The van der Waals surface area contributed by atoms with Crippen molar-refractivity contribution < 1.29 is 9.90 Å². The fourth-order valence-electron chi connectivity index (χ4n) is 2.93. The maximum absolute atomic E-state index is 12.9. The second-order valence-corrected chi connectivity index (χ2v) is 8.33. The highest BCUT2D eigenvalue weighted by molar-refractivity contribution is 6.00. The van der Waals surface area contributed by atoms with E-state index in [1.54, 1.807) is 0 Å². The van der Waals surface area contributed by atoms with Crippen LogP contribution in [0.4, 0.5) is 0 Å². The van der Waals surface area contributed by atoms with Gasteiger partial charge in [0.2, 0.25) is 0 Å². The zero-order valence-corrected chi connectivity index (χ0v) is 15.5. The van der Waals surface area contributed by atoms with E-state index in [4.69, 9.17) is 0 Å². The number of rotatable bonds is 5. The Morgan fingerprint density at radius 1 is 1.14 bits per heavy atom. The molecule has 0 aromatic heterocycles. The van der Waals surface area contributed by atoms with Gasteiger partial charge in [-0.2, -0.15) is 0 Å². The minimum Gasteiger partial charge on any atom is -0.507 e. The Morgan fingerprint density at radius 2 is 1.68 bits per heavy atom. The molecule has 0 aliphatic heterocycles. The Kier molecular flexibility index (Phi) is 5.48. The van der Waals surface area contributed by atoms with Crippen LogP contribution in [0, 0.1) is 5.41 Å². The third kappa shape index (κ3) is 3.91. The van der Waals surface area contributed by atoms with E-state index < -0.39 is 0 Å². The summed E-state index contributed by atoms with van der Waals surface area (Å²) in [6, 6.07) is 3.77. The van der Waals surface area contributed by atoms with Crippen LogP contribution in [0.3, 0.4) is 0 Å². The van der Waals surface area contributed by atoms with Gasteiger partial charge in [0.05, 0.1) is 0 Å². The van der Waals surface area contributed by atoms with Crippen LogP contribution in [0.1, 0.15) is 95.6 Å². The molecule has 0 unspecified atom stereocenters. The number of aromatic hydroxyl groups is 1. The molecule has 0 amide bonds. The van der Waals surface area contributed by atoms with Gasteiger partial charge in [0.1, 0.15) is 5.75 Å². The number of ketones is 1. The molecular weight excluding hydrogens is 272 g/mol. The number of hydrogen-bond donors (Lipinski definition) is 1. The van der Waals surface area contributed by atoms with E-state index in [1.807, 2.05) is 39.8 Å². The molecule has 22 heavy (non-hydrogen) atoms. The molecule has 1 aromatic carbocycles. The molecule has 1 aromatic rings. The van der Waals surface area contributed by atoms with Gasteiger partial charge in [0, 0.05) is 16.5 Å². The topological polar surface area (TPSA) is 37.3 Å². The highest BCUT2D eigenvalue weighted by Crippen LogP contribution is 2.39. The fraction of sp³-hybridized carbons (Fsp3) is 0.650. The van der Waals surface area contributed by atoms with Crippen molar-refractivity contribution in [2.45, 2.75) is 79.6 Å². The van der Waals surface area contributed by atoms with E-state index in [0.717, 1.165) is 29.5 Å². The van der Waals surface area contributed by atoms with E-state index in [-0.39, 0.29) is 22.5 Å². The standard InChI is InChI=1S/C20H32O2/c1-9-10-20(7,8)18(22)14-11-15(13(2)3)17(21)16(12-14)19(4,5)6/h11-13,21H,9-10H2,1-8H3. The minimum absolute atomic E-state index is 0.168. The lowest BCUT2D eigenvalue weighted by atomic mass is 9.77. The second kappa shape index (κ2) is 6.44. The van der Waals surface area contributed by atoms with Crippen LogP contribution in [0.15, 0.2) is 12.1 Å². The number of phenolic OH excluding ortho intramolecular Hbond substituents is 1. The van der Waals surface area contributed by atoms with Crippen LogP contribution in [-0.2, 0) is 5.41 Å². The van der Waals surface area contributed by atoms with Gasteiger partial charge in [0.15, 0.2) is 5.78 Å². The van der Waals surface area contributed by atoms with Crippen molar-refractivity contribution in [3.8, 4) is 5.75 Å².